The number of ether oxygens (including phenoxy) is 1. The molecule has 0 saturated carbocycles. The summed E-state index contributed by atoms with van der Waals surface area (Å²) in [4.78, 5) is 10.4. The Balaban J connectivity index is 3.23. The minimum Gasteiger partial charge on any atom is -0.380 e. The van der Waals surface area contributed by atoms with Crippen LogP contribution < -0.4 is 0 Å². The molecule has 0 radical (unpaired) electrons. The SMILES string of the molecule is COCc1c(Cl)cc(C(C)CC=O)c(F)c1F. The summed E-state index contributed by atoms with van der Waals surface area (Å²) in [6.07, 6.45) is 0.787. The Hall–Kier alpha value is -1.00. The third-order valence-electron chi connectivity index (χ3n) is 2.55. The molecule has 0 fully saturated rings. The lowest BCUT2D eigenvalue weighted by Gasteiger charge is -2.14. The third kappa shape index (κ3) is 3.01. The molecule has 5 heteroatoms. The molecule has 1 aromatic rings. The maximum atomic E-state index is 13.7. The van der Waals surface area contributed by atoms with Gasteiger partial charge in [-0.1, -0.05) is 18.5 Å². The van der Waals surface area contributed by atoms with E-state index in [0.29, 0.717) is 6.29 Å². The maximum absolute atomic E-state index is 13.7. The number of carbonyl (C=O) groups excluding carboxylic acids is 1. The predicted molar refractivity (Wildman–Crippen MR) is 61.2 cm³/mol. The van der Waals surface area contributed by atoms with Gasteiger partial charge in [-0.3, -0.25) is 0 Å². The molecule has 0 bridgehead atoms. The zero-order valence-electron chi connectivity index (χ0n) is 9.60. The summed E-state index contributed by atoms with van der Waals surface area (Å²) in [6.45, 7) is 1.54. The van der Waals surface area contributed by atoms with Crippen molar-refractivity contribution in [2.45, 2.75) is 25.9 Å². The molecule has 0 aliphatic carbocycles. The van der Waals surface area contributed by atoms with Crippen molar-refractivity contribution >= 4 is 17.9 Å². The average Bonchev–Trinajstić information content (AvgIpc) is 2.29. The van der Waals surface area contributed by atoms with Crippen LogP contribution in [0.1, 0.15) is 30.4 Å². The van der Waals surface area contributed by atoms with Crippen molar-refractivity contribution in [2.24, 2.45) is 0 Å². The smallest absolute Gasteiger partial charge is 0.166 e. The zero-order chi connectivity index (χ0) is 13.0. The van der Waals surface area contributed by atoms with E-state index < -0.39 is 17.6 Å². The lowest BCUT2D eigenvalue weighted by molar-refractivity contribution is -0.108. The summed E-state index contributed by atoms with van der Waals surface area (Å²) in [5.41, 5.74) is 0.105. The highest BCUT2D eigenvalue weighted by molar-refractivity contribution is 6.31. The molecule has 1 atom stereocenters. The first-order chi connectivity index (χ1) is 8.02. The van der Waals surface area contributed by atoms with E-state index in [1.807, 2.05) is 0 Å². The zero-order valence-corrected chi connectivity index (χ0v) is 10.4. The van der Waals surface area contributed by atoms with Gasteiger partial charge in [0.15, 0.2) is 11.6 Å². The normalized spacial score (nSPS) is 12.5. The molecule has 0 amide bonds. The first-order valence-corrected chi connectivity index (χ1v) is 5.49. The third-order valence-corrected chi connectivity index (χ3v) is 2.89. The first-order valence-electron chi connectivity index (χ1n) is 5.11. The number of hydrogen-bond donors (Lipinski definition) is 0. The summed E-state index contributed by atoms with van der Waals surface area (Å²) in [5, 5.41) is 0.110. The summed E-state index contributed by atoms with van der Waals surface area (Å²) < 4.78 is 32.2. The summed E-state index contributed by atoms with van der Waals surface area (Å²) in [6, 6.07) is 1.35. The van der Waals surface area contributed by atoms with Crippen molar-refractivity contribution in [1.29, 1.82) is 0 Å². The lowest BCUT2D eigenvalue weighted by Crippen LogP contribution is -2.05. The van der Waals surface area contributed by atoms with Crippen LogP contribution in [0.4, 0.5) is 8.78 Å². The van der Waals surface area contributed by atoms with Crippen molar-refractivity contribution in [3.8, 4) is 0 Å². The van der Waals surface area contributed by atoms with E-state index in [0.717, 1.165) is 0 Å². The van der Waals surface area contributed by atoms with Gasteiger partial charge in [0.25, 0.3) is 0 Å². The van der Waals surface area contributed by atoms with Crippen LogP contribution in [0.2, 0.25) is 5.02 Å². The van der Waals surface area contributed by atoms with Crippen molar-refractivity contribution in [2.75, 3.05) is 7.11 Å². The van der Waals surface area contributed by atoms with Gasteiger partial charge in [0.1, 0.15) is 6.29 Å². The molecule has 0 aliphatic heterocycles. The van der Waals surface area contributed by atoms with Gasteiger partial charge in [-0.05, 0) is 17.5 Å². The largest absolute Gasteiger partial charge is 0.380 e. The van der Waals surface area contributed by atoms with Gasteiger partial charge >= 0.3 is 0 Å². The molecular formula is C12H13ClF2O2. The minimum absolute atomic E-state index is 0.00582. The molecule has 0 N–H and O–H groups in total. The standard InChI is InChI=1S/C12H13ClF2O2/c1-7(3-4-16)8-5-10(13)9(6-17-2)12(15)11(8)14/h4-5,7H,3,6H2,1-2H3. The van der Waals surface area contributed by atoms with E-state index in [9.17, 15) is 13.6 Å². The number of carbonyl (C=O) groups is 1. The van der Waals surface area contributed by atoms with Gasteiger partial charge in [0.2, 0.25) is 0 Å². The monoisotopic (exact) mass is 262 g/mol. The number of halogens is 3. The Morgan fingerprint density at radius 2 is 2.12 bits per heavy atom. The van der Waals surface area contributed by atoms with Crippen molar-refractivity contribution in [3.63, 3.8) is 0 Å². The molecule has 1 aromatic carbocycles. The topological polar surface area (TPSA) is 26.3 Å². The molecule has 0 spiro atoms. The first kappa shape index (κ1) is 14.1. The fourth-order valence-electron chi connectivity index (χ4n) is 1.56. The van der Waals surface area contributed by atoms with Crippen LogP contribution >= 0.6 is 11.6 Å². The highest BCUT2D eigenvalue weighted by Gasteiger charge is 2.20. The molecule has 0 saturated heterocycles. The maximum Gasteiger partial charge on any atom is 0.166 e. The molecule has 17 heavy (non-hydrogen) atoms. The van der Waals surface area contributed by atoms with E-state index in [1.165, 1.54) is 13.2 Å². The lowest BCUT2D eigenvalue weighted by atomic mass is 9.96. The quantitative estimate of drug-likeness (QED) is 0.600. The summed E-state index contributed by atoms with van der Waals surface area (Å²) >= 11 is 5.85. The fraction of sp³-hybridized carbons (Fsp3) is 0.417. The van der Waals surface area contributed by atoms with Crippen LogP contribution in [0.3, 0.4) is 0 Å². The Morgan fingerprint density at radius 1 is 1.47 bits per heavy atom. The number of rotatable bonds is 5. The van der Waals surface area contributed by atoms with Crippen LogP contribution in [0.5, 0.6) is 0 Å². The van der Waals surface area contributed by atoms with Crippen LogP contribution in [0.25, 0.3) is 0 Å². The molecular weight excluding hydrogens is 250 g/mol. The van der Waals surface area contributed by atoms with Crippen LogP contribution in [-0.2, 0) is 16.1 Å². The van der Waals surface area contributed by atoms with E-state index in [2.05, 4.69) is 0 Å². The second kappa shape index (κ2) is 6.07. The molecule has 1 unspecified atom stereocenters. The average molecular weight is 263 g/mol. The number of hydrogen-bond acceptors (Lipinski definition) is 2. The van der Waals surface area contributed by atoms with Gasteiger partial charge in [0.05, 0.1) is 6.61 Å². The van der Waals surface area contributed by atoms with E-state index >= 15 is 0 Å². The Labute approximate surface area is 104 Å². The Bertz CT molecular complexity index is 421. The van der Waals surface area contributed by atoms with Crippen molar-refractivity contribution in [3.05, 3.63) is 33.9 Å². The van der Waals surface area contributed by atoms with Gasteiger partial charge in [-0.25, -0.2) is 8.78 Å². The van der Waals surface area contributed by atoms with Crippen LogP contribution in [-0.4, -0.2) is 13.4 Å². The summed E-state index contributed by atoms with van der Waals surface area (Å²) in [7, 11) is 1.37. The van der Waals surface area contributed by atoms with E-state index in [4.69, 9.17) is 16.3 Å². The second-order valence-electron chi connectivity index (χ2n) is 3.79. The Morgan fingerprint density at radius 3 is 2.65 bits per heavy atom. The van der Waals surface area contributed by atoms with Crippen molar-refractivity contribution < 1.29 is 18.3 Å². The van der Waals surface area contributed by atoms with Gasteiger partial charge in [0, 0.05) is 24.1 Å². The van der Waals surface area contributed by atoms with E-state index in [1.54, 1.807) is 6.92 Å². The molecule has 94 valence electrons. The Kier molecular flexibility index (Phi) is 5.02. The van der Waals surface area contributed by atoms with Gasteiger partial charge in [-0.2, -0.15) is 0 Å². The van der Waals surface area contributed by atoms with Gasteiger partial charge < -0.3 is 9.53 Å². The highest BCUT2D eigenvalue weighted by Crippen LogP contribution is 2.30. The highest BCUT2D eigenvalue weighted by atomic mass is 35.5. The fourth-order valence-corrected chi connectivity index (χ4v) is 1.81. The van der Waals surface area contributed by atoms with Crippen LogP contribution in [0.15, 0.2) is 6.07 Å². The molecule has 2 nitrogen and oxygen atoms in total. The van der Waals surface area contributed by atoms with Crippen molar-refractivity contribution in [1.82, 2.24) is 0 Å². The summed E-state index contributed by atoms with van der Waals surface area (Å²) in [5.74, 6) is -2.38. The second-order valence-corrected chi connectivity index (χ2v) is 4.20. The molecule has 0 aliphatic rings. The number of benzene rings is 1. The van der Waals surface area contributed by atoms with E-state index in [-0.39, 0.29) is 29.2 Å². The number of methoxy groups -OCH3 is 1. The number of aldehydes is 1. The van der Waals surface area contributed by atoms with Crippen LogP contribution in [0, 0.1) is 11.6 Å². The predicted octanol–water partition coefficient (Wildman–Crippen LogP) is 3.46. The van der Waals surface area contributed by atoms with Gasteiger partial charge in [-0.15, -0.1) is 0 Å². The molecule has 0 heterocycles. The minimum atomic E-state index is -1.01. The molecule has 1 rings (SSSR count). The molecule has 0 aromatic heterocycles.